The van der Waals surface area contributed by atoms with E-state index >= 15 is 0 Å². The molecule has 2 fully saturated rings. The quantitative estimate of drug-likeness (QED) is 0.514. The molecule has 0 aromatic heterocycles. The predicted molar refractivity (Wildman–Crippen MR) is 139 cm³/mol. The zero-order valence-electron chi connectivity index (χ0n) is 21.5. The summed E-state index contributed by atoms with van der Waals surface area (Å²) in [5, 5.41) is 20.5. The molecule has 4 rings (SSSR count). The van der Waals surface area contributed by atoms with Gasteiger partial charge in [-0.3, -0.25) is 0 Å². The van der Waals surface area contributed by atoms with E-state index in [0.717, 1.165) is 25.7 Å². The molecule has 0 unspecified atom stereocenters. The molecule has 2 saturated carbocycles. The van der Waals surface area contributed by atoms with E-state index in [0.29, 0.717) is 17.8 Å². The van der Waals surface area contributed by atoms with Gasteiger partial charge in [0, 0.05) is 0 Å². The number of rotatable bonds is 4. The van der Waals surface area contributed by atoms with E-state index in [1.54, 1.807) is 0 Å². The fraction of sp³-hybridized carbons (Fsp3) is 0.613. The van der Waals surface area contributed by atoms with Gasteiger partial charge < -0.3 is 10.2 Å². The highest BCUT2D eigenvalue weighted by atomic mass is 16.3. The van der Waals surface area contributed by atoms with Gasteiger partial charge in [0.25, 0.3) is 0 Å². The highest BCUT2D eigenvalue weighted by Gasteiger charge is 2.39. The summed E-state index contributed by atoms with van der Waals surface area (Å²) < 4.78 is 0. The zero-order chi connectivity index (χ0) is 24.1. The van der Waals surface area contributed by atoms with Crippen LogP contribution in [0.1, 0.15) is 90.7 Å². The van der Waals surface area contributed by atoms with Gasteiger partial charge in [-0.1, -0.05) is 115 Å². The Bertz CT molecular complexity index is 827. The van der Waals surface area contributed by atoms with Crippen molar-refractivity contribution in [2.24, 2.45) is 17.8 Å². The Morgan fingerprint density at radius 3 is 1.52 bits per heavy atom. The van der Waals surface area contributed by atoms with Gasteiger partial charge in [0.15, 0.2) is 0 Å². The van der Waals surface area contributed by atoms with Crippen molar-refractivity contribution < 1.29 is 10.2 Å². The number of aliphatic hydroxyl groups is 2. The second kappa shape index (κ2) is 11.2. The first-order chi connectivity index (χ1) is 15.6. The molecular formula is C31H46O2. The topological polar surface area (TPSA) is 40.5 Å². The molecule has 0 amide bonds. The van der Waals surface area contributed by atoms with Gasteiger partial charge in [0.05, 0.1) is 12.2 Å². The number of benzene rings is 2. The molecule has 0 radical (unpaired) electrons. The minimum absolute atomic E-state index is 0.0703. The molecule has 0 bridgehead atoms. The molecule has 2 aliphatic carbocycles. The van der Waals surface area contributed by atoms with E-state index in [-0.39, 0.29) is 23.0 Å². The second-order valence-electron chi connectivity index (χ2n) is 11.7. The van der Waals surface area contributed by atoms with Gasteiger partial charge in [-0.2, -0.15) is 0 Å². The van der Waals surface area contributed by atoms with Crippen LogP contribution in [0, 0.1) is 17.8 Å². The molecule has 182 valence electrons. The van der Waals surface area contributed by atoms with Gasteiger partial charge in [-0.25, -0.2) is 0 Å². The van der Waals surface area contributed by atoms with Crippen LogP contribution in [0.15, 0.2) is 60.7 Å². The standard InChI is InChI=1S/C16H24O.C15H22O/c1-12-9-10-14(15(17)11-12)16(2,3)13-7-5-4-6-8-13;1-15(2,12-8-4-3-5-9-12)13-10-6-7-11-14(13)16/h4-8,12,14-15,17H,9-11H2,1-3H3;3-5,8-9,13-14,16H,6-7,10-11H2,1-2H3/t12-,14-,15-;13-,14-/m11/s1. The van der Waals surface area contributed by atoms with E-state index < -0.39 is 0 Å². The van der Waals surface area contributed by atoms with Crippen LogP contribution in [-0.4, -0.2) is 22.4 Å². The van der Waals surface area contributed by atoms with Crippen molar-refractivity contribution in [3.8, 4) is 0 Å². The van der Waals surface area contributed by atoms with Crippen LogP contribution in [0.2, 0.25) is 0 Å². The summed E-state index contributed by atoms with van der Waals surface area (Å²) in [5.74, 6) is 1.47. The van der Waals surface area contributed by atoms with Gasteiger partial charge in [0.2, 0.25) is 0 Å². The number of hydrogen-bond donors (Lipinski definition) is 2. The van der Waals surface area contributed by atoms with E-state index in [9.17, 15) is 10.2 Å². The summed E-state index contributed by atoms with van der Waals surface area (Å²) in [5.41, 5.74) is 2.85. The van der Waals surface area contributed by atoms with E-state index in [1.807, 2.05) is 0 Å². The Hall–Kier alpha value is -1.64. The molecule has 2 N–H and O–H groups in total. The van der Waals surface area contributed by atoms with Crippen LogP contribution >= 0.6 is 0 Å². The van der Waals surface area contributed by atoms with Gasteiger partial charge in [0.1, 0.15) is 0 Å². The highest BCUT2D eigenvalue weighted by Crippen LogP contribution is 2.42. The summed E-state index contributed by atoms with van der Waals surface area (Å²) in [7, 11) is 0. The molecular weight excluding hydrogens is 404 g/mol. The zero-order valence-corrected chi connectivity index (χ0v) is 21.5. The molecule has 0 aliphatic heterocycles. The Kier molecular flexibility index (Phi) is 8.81. The minimum Gasteiger partial charge on any atom is -0.393 e. The average molecular weight is 451 g/mol. The molecule has 2 aromatic carbocycles. The molecule has 0 spiro atoms. The van der Waals surface area contributed by atoms with Crippen molar-refractivity contribution >= 4 is 0 Å². The third kappa shape index (κ3) is 6.28. The lowest BCUT2D eigenvalue weighted by Crippen LogP contribution is -2.41. The fourth-order valence-corrected chi connectivity index (χ4v) is 6.31. The molecule has 33 heavy (non-hydrogen) atoms. The van der Waals surface area contributed by atoms with Crippen LogP contribution in [-0.2, 0) is 10.8 Å². The maximum Gasteiger partial charge on any atom is 0.0579 e. The van der Waals surface area contributed by atoms with E-state index in [4.69, 9.17) is 0 Å². The van der Waals surface area contributed by atoms with Crippen LogP contribution in [0.5, 0.6) is 0 Å². The number of hydrogen-bond acceptors (Lipinski definition) is 2. The first kappa shape index (κ1) is 26.0. The van der Waals surface area contributed by atoms with E-state index in [1.165, 1.54) is 30.4 Å². The summed E-state index contributed by atoms with van der Waals surface area (Å²) in [6.07, 6.45) is 7.66. The first-order valence-electron chi connectivity index (χ1n) is 13.1. The summed E-state index contributed by atoms with van der Waals surface area (Å²) in [6.45, 7) is 11.3. The van der Waals surface area contributed by atoms with Gasteiger partial charge in [-0.05, 0) is 65.4 Å². The smallest absolute Gasteiger partial charge is 0.0579 e. The first-order valence-corrected chi connectivity index (χ1v) is 13.1. The lowest BCUT2D eigenvalue weighted by atomic mass is 9.64. The molecule has 2 aromatic rings. The molecule has 2 aliphatic rings. The fourth-order valence-electron chi connectivity index (χ4n) is 6.31. The normalized spacial score (nSPS) is 28.5. The van der Waals surface area contributed by atoms with Crippen molar-refractivity contribution in [2.45, 2.75) is 103 Å². The van der Waals surface area contributed by atoms with Gasteiger partial charge >= 0.3 is 0 Å². The minimum atomic E-state index is -0.144. The maximum absolute atomic E-state index is 10.3. The summed E-state index contributed by atoms with van der Waals surface area (Å²) in [6, 6.07) is 21.2. The van der Waals surface area contributed by atoms with Gasteiger partial charge in [-0.15, -0.1) is 0 Å². The highest BCUT2D eigenvalue weighted by molar-refractivity contribution is 5.26. The molecule has 2 nitrogen and oxygen atoms in total. The van der Waals surface area contributed by atoms with Crippen molar-refractivity contribution in [3.05, 3.63) is 71.8 Å². The van der Waals surface area contributed by atoms with Crippen LogP contribution in [0.25, 0.3) is 0 Å². The summed E-state index contributed by atoms with van der Waals surface area (Å²) >= 11 is 0. The number of aliphatic hydroxyl groups excluding tert-OH is 2. The Balaban J connectivity index is 0.000000186. The van der Waals surface area contributed by atoms with E-state index in [2.05, 4.69) is 95.3 Å². The largest absolute Gasteiger partial charge is 0.393 e. The second-order valence-corrected chi connectivity index (χ2v) is 11.7. The predicted octanol–water partition coefficient (Wildman–Crippen LogP) is 7.28. The lowest BCUT2D eigenvalue weighted by Gasteiger charge is -2.42. The molecule has 0 heterocycles. The monoisotopic (exact) mass is 450 g/mol. The van der Waals surface area contributed by atoms with Crippen molar-refractivity contribution in [2.75, 3.05) is 0 Å². The average Bonchev–Trinajstić information content (AvgIpc) is 2.80. The van der Waals surface area contributed by atoms with Crippen LogP contribution in [0.3, 0.4) is 0 Å². The molecule has 0 saturated heterocycles. The van der Waals surface area contributed by atoms with Crippen LogP contribution < -0.4 is 0 Å². The third-order valence-electron chi connectivity index (χ3n) is 8.70. The maximum atomic E-state index is 10.3. The Morgan fingerprint density at radius 1 is 0.606 bits per heavy atom. The van der Waals surface area contributed by atoms with Crippen molar-refractivity contribution in [1.82, 2.24) is 0 Å². The Labute approximate surface area is 202 Å². The summed E-state index contributed by atoms with van der Waals surface area (Å²) in [4.78, 5) is 0. The SMILES string of the molecule is CC(C)(c1ccccc1)[C@@H]1CCCC[C@H]1O.C[C@@H]1CC[C@@H](C(C)(C)c2ccccc2)[C@H](O)C1. The Morgan fingerprint density at radius 2 is 1.06 bits per heavy atom. The molecule has 5 atom stereocenters. The molecule has 2 heteroatoms. The lowest BCUT2D eigenvalue weighted by molar-refractivity contribution is 0.0143. The third-order valence-corrected chi connectivity index (χ3v) is 8.70. The van der Waals surface area contributed by atoms with Crippen LogP contribution in [0.4, 0.5) is 0 Å². The van der Waals surface area contributed by atoms with Crippen molar-refractivity contribution in [3.63, 3.8) is 0 Å². The van der Waals surface area contributed by atoms with Crippen molar-refractivity contribution in [1.29, 1.82) is 0 Å².